The zero-order valence-corrected chi connectivity index (χ0v) is 9.26. The molecule has 3 heteroatoms. The SMILES string of the molecule is CC.CC#N.CNC1CCCOC1. The van der Waals surface area contributed by atoms with E-state index < -0.39 is 0 Å². The third-order valence-electron chi connectivity index (χ3n) is 1.57. The van der Waals surface area contributed by atoms with Crippen molar-refractivity contribution in [3.63, 3.8) is 0 Å². The van der Waals surface area contributed by atoms with Gasteiger partial charge < -0.3 is 10.1 Å². The summed E-state index contributed by atoms with van der Waals surface area (Å²) in [4.78, 5) is 0. The van der Waals surface area contributed by atoms with Crippen LogP contribution in [0.15, 0.2) is 0 Å². The molecule has 0 radical (unpaired) electrons. The van der Waals surface area contributed by atoms with Crippen LogP contribution in [0.25, 0.3) is 0 Å². The number of nitrogens with one attached hydrogen (secondary N) is 1. The van der Waals surface area contributed by atoms with E-state index in [1.54, 1.807) is 6.07 Å². The van der Waals surface area contributed by atoms with Crippen LogP contribution < -0.4 is 5.32 Å². The molecule has 0 aliphatic carbocycles. The monoisotopic (exact) mass is 186 g/mol. The van der Waals surface area contributed by atoms with Crippen LogP contribution in [-0.4, -0.2) is 26.3 Å². The minimum Gasteiger partial charge on any atom is -0.380 e. The molecule has 1 N–H and O–H groups in total. The number of ether oxygens (including phenoxy) is 1. The Morgan fingerprint density at radius 3 is 2.23 bits per heavy atom. The second-order valence-electron chi connectivity index (χ2n) is 2.43. The maximum atomic E-state index is 7.32. The standard InChI is InChI=1S/C6H13NO.C2H3N.C2H6/c1-7-6-3-2-4-8-5-6;1-2-3;1-2/h6-7H,2-5H2,1H3;1H3;1-2H3. The van der Waals surface area contributed by atoms with Crippen molar-refractivity contribution in [2.75, 3.05) is 20.3 Å². The highest BCUT2D eigenvalue weighted by Gasteiger charge is 2.09. The van der Waals surface area contributed by atoms with Crippen molar-refractivity contribution in [3.8, 4) is 6.07 Å². The molecule has 0 aromatic rings. The smallest absolute Gasteiger partial charge is 0.0619 e. The predicted molar refractivity (Wildman–Crippen MR) is 55.5 cm³/mol. The summed E-state index contributed by atoms with van der Waals surface area (Å²) in [6, 6.07) is 2.36. The van der Waals surface area contributed by atoms with Gasteiger partial charge in [0.1, 0.15) is 0 Å². The summed E-state index contributed by atoms with van der Waals surface area (Å²) < 4.78 is 5.21. The van der Waals surface area contributed by atoms with Crippen LogP contribution in [0.3, 0.4) is 0 Å². The molecule has 1 heterocycles. The van der Waals surface area contributed by atoms with E-state index in [2.05, 4.69) is 5.32 Å². The fraction of sp³-hybridized carbons (Fsp3) is 0.900. The molecule has 3 nitrogen and oxygen atoms in total. The number of nitriles is 1. The maximum absolute atomic E-state index is 7.32. The summed E-state index contributed by atoms with van der Waals surface area (Å²) in [5.74, 6) is 0. The zero-order chi connectivity index (χ0) is 10.5. The van der Waals surface area contributed by atoms with Gasteiger partial charge in [0.15, 0.2) is 0 Å². The van der Waals surface area contributed by atoms with E-state index >= 15 is 0 Å². The first-order valence-electron chi connectivity index (χ1n) is 4.91. The lowest BCUT2D eigenvalue weighted by Crippen LogP contribution is -2.33. The van der Waals surface area contributed by atoms with E-state index in [-0.39, 0.29) is 0 Å². The lowest BCUT2D eigenvalue weighted by molar-refractivity contribution is 0.0730. The lowest BCUT2D eigenvalue weighted by Gasteiger charge is -2.20. The van der Waals surface area contributed by atoms with E-state index in [9.17, 15) is 0 Å². The summed E-state index contributed by atoms with van der Waals surface area (Å²) in [6.07, 6.45) is 2.49. The zero-order valence-electron chi connectivity index (χ0n) is 9.26. The normalized spacial score (nSPS) is 19.8. The number of likely N-dealkylation sites (N-methyl/N-ethyl adjacent to an activating group) is 1. The van der Waals surface area contributed by atoms with Gasteiger partial charge in [0.25, 0.3) is 0 Å². The van der Waals surface area contributed by atoms with Crippen molar-refractivity contribution in [2.24, 2.45) is 0 Å². The second-order valence-corrected chi connectivity index (χ2v) is 2.43. The number of nitrogens with zero attached hydrogens (tertiary/aromatic N) is 1. The number of hydrogen-bond acceptors (Lipinski definition) is 3. The summed E-state index contributed by atoms with van der Waals surface area (Å²) in [6.45, 7) is 7.29. The van der Waals surface area contributed by atoms with Gasteiger partial charge in [0, 0.05) is 19.6 Å². The Kier molecular flexibility index (Phi) is 16.0. The molecule has 1 rings (SSSR count). The van der Waals surface area contributed by atoms with Gasteiger partial charge in [-0.3, -0.25) is 0 Å². The molecule has 0 amide bonds. The van der Waals surface area contributed by atoms with E-state index in [0.29, 0.717) is 6.04 Å². The van der Waals surface area contributed by atoms with Crippen molar-refractivity contribution in [2.45, 2.75) is 39.7 Å². The second kappa shape index (κ2) is 14.0. The highest BCUT2D eigenvalue weighted by atomic mass is 16.5. The van der Waals surface area contributed by atoms with Gasteiger partial charge in [-0.2, -0.15) is 5.26 Å². The van der Waals surface area contributed by atoms with E-state index in [1.165, 1.54) is 19.8 Å². The van der Waals surface area contributed by atoms with E-state index in [4.69, 9.17) is 10.00 Å². The van der Waals surface area contributed by atoms with Crippen molar-refractivity contribution >= 4 is 0 Å². The predicted octanol–water partition coefficient (Wildman–Crippen LogP) is 1.94. The van der Waals surface area contributed by atoms with Gasteiger partial charge in [0.05, 0.1) is 12.7 Å². The molecule has 0 aromatic carbocycles. The van der Waals surface area contributed by atoms with Crippen LogP contribution in [0.1, 0.15) is 33.6 Å². The Bertz CT molecular complexity index is 115. The van der Waals surface area contributed by atoms with Crippen molar-refractivity contribution in [3.05, 3.63) is 0 Å². The van der Waals surface area contributed by atoms with Gasteiger partial charge in [-0.25, -0.2) is 0 Å². The minimum absolute atomic E-state index is 0.615. The molecule has 0 spiro atoms. The first-order chi connectivity index (χ1) is 6.35. The van der Waals surface area contributed by atoms with Crippen molar-refractivity contribution in [1.29, 1.82) is 5.26 Å². The summed E-state index contributed by atoms with van der Waals surface area (Å²) in [5, 5.41) is 10.5. The molecule has 1 aliphatic rings. The Balaban J connectivity index is 0. The molecule has 78 valence electrons. The molecule has 0 bridgehead atoms. The highest BCUT2D eigenvalue weighted by Crippen LogP contribution is 2.03. The largest absolute Gasteiger partial charge is 0.380 e. The van der Waals surface area contributed by atoms with Crippen LogP contribution in [0.2, 0.25) is 0 Å². The molecule has 13 heavy (non-hydrogen) atoms. The summed E-state index contributed by atoms with van der Waals surface area (Å²) >= 11 is 0. The van der Waals surface area contributed by atoms with Crippen LogP contribution in [0, 0.1) is 11.3 Å². The molecule has 1 unspecified atom stereocenters. The van der Waals surface area contributed by atoms with Crippen molar-refractivity contribution < 1.29 is 4.74 Å². The highest BCUT2D eigenvalue weighted by molar-refractivity contribution is 4.66. The van der Waals surface area contributed by atoms with Crippen LogP contribution in [0.4, 0.5) is 0 Å². The Morgan fingerprint density at radius 1 is 1.46 bits per heavy atom. The van der Waals surface area contributed by atoms with Gasteiger partial charge >= 0.3 is 0 Å². The molecular formula is C10H22N2O. The molecule has 1 fully saturated rings. The lowest BCUT2D eigenvalue weighted by atomic mass is 10.1. The van der Waals surface area contributed by atoms with Gasteiger partial charge in [-0.05, 0) is 19.9 Å². The van der Waals surface area contributed by atoms with Gasteiger partial charge in [-0.15, -0.1) is 0 Å². The molecule has 0 aromatic heterocycles. The van der Waals surface area contributed by atoms with E-state index in [0.717, 1.165) is 13.2 Å². The average Bonchev–Trinajstić information content (AvgIpc) is 2.23. The van der Waals surface area contributed by atoms with Gasteiger partial charge in [-0.1, -0.05) is 13.8 Å². The minimum atomic E-state index is 0.615. The Hall–Kier alpha value is -0.590. The van der Waals surface area contributed by atoms with E-state index in [1.807, 2.05) is 20.9 Å². The molecular weight excluding hydrogens is 164 g/mol. The first-order valence-corrected chi connectivity index (χ1v) is 4.91. The summed E-state index contributed by atoms with van der Waals surface area (Å²) in [5.41, 5.74) is 0. The quantitative estimate of drug-likeness (QED) is 0.680. The third-order valence-corrected chi connectivity index (χ3v) is 1.57. The number of hydrogen-bond donors (Lipinski definition) is 1. The molecule has 1 atom stereocenters. The third kappa shape index (κ3) is 11.4. The van der Waals surface area contributed by atoms with Crippen LogP contribution in [-0.2, 0) is 4.74 Å². The Labute approximate surface area is 82.1 Å². The average molecular weight is 186 g/mol. The van der Waals surface area contributed by atoms with Crippen LogP contribution >= 0.6 is 0 Å². The Morgan fingerprint density at radius 2 is 2.00 bits per heavy atom. The summed E-state index contributed by atoms with van der Waals surface area (Å²) in [7, 11) is 1.99. The fourth-order valence-corrected chi connectivity index (χ4v) is 0.968. The molecule has 1 aliphatic heterocycles. The molecule has 1 saturated heterocycles. The topological polar surface area (TPSA) is 45.0 Å². The maximum Gasteiger partial charge on any atom is 0.0619 e. The number of rotatable bonds is 1. The molecule has 0 saturated carbocycles. The van der Waals surface area contributed by atoms with Crippen molar-refractivity contribution in [1.82, 2.24) is 5.32 Å². The fourth-order valence-electron chi connectivity index (χ4n) is 0.968. The van der Waals surface area contributed by atoms with Gasteiger partial charge in [0.2, 0.25) is 0 Å². The first kappa shape index (κ1) is 14.9. The van der Waals surface area contributed by atoms with Crippen LogP contribution in [0.5, 0.6) is 0 Å².